The quantitative estimate of drug-likeness (QED) is 0.756. The normalized spacial score (nSPS) is 16.2. The summed E-state index contributed by atoms with van der Waals surface area (Å²) >= 11 is 0. The molecule has 0 bridgehead atoms. The van der Waals surface area contributed by atoms with Crippen molar-refractivity contribution >= 4 is 16.9 Å². The number of hydrogen-bond acceptors (Lipinski definition) is 4. The van der Waals surface area contributed by atoms with E-state index in [0.29, 0.717) is 17.6 Å². The van der Waals surface area contributed by atoms with Crippen LogP contribution >= 0.6 is 0 Å². The fourth-order valence-corrected chi connectivity index (χ4v) is 3.49. The first kappa shape index (κ1) is 17.3. The Morgan fingerprint density at radius 3 is 2.89 bits per heavy atom. The second kappa shape index (κ2) is 7.23. The number of likely N-dealkylation sites (tertiary alicyclic amines) is 1. The maximum atomic E-state index is 12.7. The number of benzene rings is 2. The lowest BCUT2D eigenvalue weighted by Gasteiger charge is -2.41. The monoisotopic (exact) mass is 363 g/mol. The van der Waals surface area contributed by atoms with Crippen molar-refractivity contribution in [2.75, 3.05) is 13.7 Å². The van der Waals surface area contributed by atoms with Crippen molar-refractivity contribution in [3.8, 4) is 5.75 Å². The van der Waals surface area contributed by atoms with Crippen molar-refractivity contribution in [1.82, 2.24) is 14.9 Å². The predicted octanol–water partition coefficient (Wildman–Crippen LogP) is 2.84. The Bertz CT molecular complexity index is 1040. The summed E-state index contributed by atoms with van der Waals surface area (Å²) in [6.45, 7) is 0.738. The summed E-state index contributed by atoms with van der Waals surface area (Å²) in [5, 5.41) is 0. The highest BCUT2D eigenvalue weighted by molar-refractivity contribution is 5.78. The van der Waals surface area contributed by atoms with Gasteiger partial charge in [0.1, 0.15) is 11.4 Å². The van der Waals surface area contributed by atoms with E-state index in [2.05, 4.69) is 9.97 Å². The van der Waals surface area contributed by atoms with Gasteiger partial charge in [-0.05, 0) is 36.2 Å². The van der Waals surface area contributed by atoms with Crippen molar-refractivity contribution in [2.45, 2.75) is 25.3 Å². The Balaban J connectivity index is 1.45. The van der Waals surface area contributed by atoms with Crippen LogP contribution in [0.15, 0.2) is 53.3 Å². The number of amides is 1. The predicted molar refractivity (Wildman–Crippen MR) is 103 cm³/mol. The minimum Gasteiger partial charge on any atom is -0.497 e. The summed E-state index contributed by atoms with van der Waals surface area (Å²) in [5.41, 5.74) is 2.70. The van der Waals surface area contributed by atoms with Crippen LogP contribution in [0.25, 0.3) is 11.0 Å². The molecular weight excluding hydrogens is 342 g/mol. The number of para-hydroxylation sites is 2. The number of methoxy groups -OCH3 is 1. The number of aromatic nitrogens is 2. The Morgan fingerprint density at radius 2 is 2.11 bits per heavy atom. The van der Waals surface area contributed by atoms with E-state index in [1.807, 2.05) is 53.4 Å². The summed E-state index contributed by atoms with van der Waals surface area (Å²) in [6, 6.07) is 15.3. The summed E-state index contributed by atoms with van der Waals surface area (Å²) in [7, 11) is 1.64. The highest BCUT2D eigenvalue weighted by atomic mass is 16.5. The van der Waals surface area contributed by atoms with Crippen LogP contribution in [0.3, 0.4) is 0 Å². The molecule has 1 amide bonds. The molecular formula is C21H21N3O3. The SMILES string of the molecule is COc1cccc(C2CCN2C(=O)CCc2nc3ccccc3[nH]c2=O)c1. The van der Waals surface area contributed by atoms with Gasteiger partial charge in [0, 0.05) is 19.4 Å². The second-order valence-corrected chi connectivity index (χ2v) is 6.70. The highest BCUT2D eigenvalue weighted by Gasteiger charge is 2.33. The molecule has 1 unspecified atom stereocenters. The summed E-state index contributed by atoms with van der Waals surface area (Å²) < 4.78 is 5.27. The molecule has 27 heavy (non-hydrogen) atoms. The molecule has 6 heteroatoms. The number of aromatic amines is 1. The molecule has 0 radical (unpaired) electrons. The van der Waals surface area contributed by atoms with Crippen LogP contribution < -0.4 is 10.3 Å². The minimum absolute atomic E-state index is 0.0448. The molecule has 0 aliphatic carbocycles. The van der Waals surface area contributed by atoms with Gasteiger partial charge >= 0.3 is 0 Å². The number of hydrogen-bond donors (Lipinski definition) is 1. The molecule has 138 valence electrons. The lowest BCUT2D eigenvalue weighted by molar-refractivity contribution is -0.139. The van der Waals surface area contributed by atoms with E-state index in [0.717, 1.165) is 29.8 Å². The molecule has 2 aromatic carbocycles. The number of aryl methyl sites for hydroxylation is 1. The first-order valence-corrected chi connectivity index (χ1v) is 9.07. The molecule has 4 rings (SSSR count). The van der Waals surface area contributed by atoms with Gasteiger partial charge in [0.2, 0.25) is 5.91 Å². The smallest absolute Gasteiger partial charge is 0.270 e. The number of ether oxygens (including phenoxy) is 1. The molecule has 1 N–H and O–H groups in total. The molecule has 1 aliphatic rings. The van der Waals surface area contributed by atoms with Crippen molar-refractivity contribution in [3.05, 3.63) is 70.1 Å². The van der Waals surface area contributed by atoms with Gasteiger partial charge < -0.3 is 14.6 Å². The maximum absolute atomic E-state index is 12.7. The zero-order valence-electron chi connectivity index (χ0n) is 15.1. The van der Waals surface area contributed by atoms with Gasteiger partial charge in [-0.25, -0.2) is 4.98 Å². The van der Waals surface area contributed by atoms with Gasteiger partial charge in [-0.1, -0.05) is 24.3 Å². The molecule has 1 atom stereocenters. The molecule has 1 aromatic heterocycles. The molecule has 1 fully saturated rings. The Kier molecular flexibility index (Phi) is 4.62. The third-order valence-electron chi connectivity index (χ3n) is 5.06. The topological polar surface area (TPSA) is 75.3 Å². The van der Waals surface area contributed by atoms with Gasteiger partial charge in [0.05, 0.1) is 24.2 Å². The molecule has 0 saturated carbocycles. The van der Waals surface area contributed by atoms with Gasteiger partial charge in [-0.2, -0.15) is 0 Å². The first-order valence-electron chi connectivity index (χ1n) is 9.07. The first-order chi connectivity index (χ1) is 13.2. The minimum atomic E-state index is -0.227. The van der Waals surface area contributed by atoms with Crippen LogP contribution in [-0.2, 0) is 11.2 Å². The van der Waals surface area contributed by atoms with Crippen molar-refractivity contribution in [2.24, 2.45) is 0 Å². The lowest BCUT2D eigenvalue weighted by atomic mass is 9.94. The number of H-pyrrole nitrogens is 1. The second-order valence-electron chi connectivity index (χ2n) is 6.70. The average Bonchev–Trinajstić information content (AvgIpc) is 2.65. The van der Waals surface area contributed by atoms with Gasteiger partial charge in [0.15, 0.2) is 0 Å². The van der Waals surface area contributed by atoms with E-state index in [1.165, 1.54) is 0 Å². The molecule has 0 spiro atoms. The Morgan fingerprint density at radius 1 is 1.26 bits per heavy atom. The standard InChI is InChI=1S/C21H21N3O3/c1-27-15-6-4-5-14(13-15)19-11-12-24(19)20(25)10-9-18-21(26)23-17-8-3-2-7-16(17)22-18/h2-8,13,19H,9-12H2,1H3,(H,23,26). The fourth-order valence-electron chi connectivity index (χ4n) is 3.49. The molecule has 3 aromatic rings. The summed E-state index contributed by atoms with van der Waals surface area (Å²) in [6.07, 6.45) is 1.54. The Labute approximate surface area is 156 Å². The van der Waals surface area contributed by atoms with E-state index >= 15 is 0 Å². The maximum Gasteiger partial charge on any atom is 0.270 e. The van der Waals surface area contributed by atoms with Crippen LogP contribution in [0.5, 0.6) is 5.75 Å². The third kappa shape index (κ3) is 3.43. The fraction of sp³-hybridized carbons (Fsp3) is 0.286. The molecule has 1 aliphatic heterocycles. The van der Waals surface area contributed by atoms with Crippen LogP contribution in [0.4, 0.5) is 0 Å². The average molecular weight is 363 g/mol. The van der Waals surface area contributed by atoms with Crippen molar-refractivity contribution in [3.63, 3.8) is 0 Å². The number of carbonyl (C=O) groups excluding carboxylic acids is 1. The van der Waals surface area contributed by atoms with Gasteiger partial charge in [0.25, 0.3) is 5.56 Å². The molecule has 1 saturated heterocycles. The Hall–Kier alpha value is -3.15. The summed E-state index contributed by atoms with van der Waals surface area (Å²) in [4.78, 5) is 34.0. The third-order valence-corrected chi connectivity index (χ3v) is 5.06. The molecule has 6 nitrogen and oxygen atoms in total. The number of carbonyl (C=O) groups is 1. The van der Waals surface area contributed by atoms with E-state index in [1.54, 1.807) is 7.11 Å². The van der Waals surface area contributed by atoms with E-state index < -0.39 is 0 Å². The van der Waals surface area contributed by atoms with E-state index in [-0.39, 0.29) is 23.9 Å². The largest absolute Gasteiger partial charge is 0.497 e. The highest BCUT2D eigenvalue weighted by Crippen LogP contribution is 2.35. The van der Waals surface area contributed by atoms with Crippen LogP contribution in [-0.4, -0.2) is 34.4 Å². The zero-order chi connectivity index (χ0) is 18.8. The van der Waals surface area contributed by atoms with Crippen LogP contribution in [0.2, 0.25) is 0 Å². The van der Waals surface area contributed by atoms with E-state index in [9.17, 15) is 9.59 Å². The number of nitrogens with one attached hydrogen (secondary N) is 1. The number of rotatable bonds is 5. The number of nitrogens with zero attached hydrogens (tertiary/aromatic N) is 2. The van der Waals surface area contributed by atoms with Gasteiger partial charge in [-0.3, -0.25) is 9.59 Å². The zero-order valence-corrected chi connectivity index (χ0v) is 15.1. The summed E-state index contributed by atoms with van der Waals surface area (Å²) in [5.74, 6) is 0.835. The van der Waals surface area contributed by atoms with Crippen LogP contribution in [0, 0.1) is 0 Å². The van der Waals surface area contributed by atoms with E-state index in [4.69, 9.17) is 4.74 Å². The van der Waals surface area contributed by atoms with Crippen molar-refractivity contribution in [1.29, 1.82) is 0 Å². The van der Waals surface area contributed by atoms with Gasteiger partial charge in [-0.15, -0.1) is 0 Å². The van der Waals surface area contributed by atoms with Crippen LogP contribution in [0.1, 0.15) is 30.1 Å². The number of fused-ring (bicyclic) bond motifs is 1. The lowest BCUT2D eigenvalue weighted by Crippen LogP contribution is -2.45. The van der Waals surface area contributed by atoms with Crippen molar-refractivity contribution < 1.29 is 9.53 Å². The molecule has 2 heterocycles.